The van der Waals surface area contributed by atoms with Crippen molar-refractivity contribution in [3.05, 3.63) is 64.4 Å². The summed E-state index contributed by atoms with van der Waals surface area (Å²) in [5, 5.41) is 3.42. The average molecular weight is 538 g/mol. The van der Waals surface area contributed by atoms with Crippen LogP contribution < -0.4 is 9.62 Å². The van der Waals surface area contributed by atoms with Gasteiger partial charge in [-0.2, -0.15) is 0 Å². The molecule has 0 bridgehead atoms. The highest BCUT2D eigenvalue weighted by atomic mass is 35.5. The topological polar surface area (TPSA) is 86.8 Å². The van der Waals surface area contributed by atoms with E-state index in [9.17, 15) is 22.4 Å². The Morgan fingerprint density at radius 2 is 1.78 bits per heavy atom. The zero-order valence-electron chi connectivity index (χ0n) is 20.8. The monoisotopic (exact) mass is 537 g/mol. The van der Waals surface area contributed by atoms with Gasteiger partial charge in [0, 0.05) is 17.6 Å². The number of hydrogen-bond donors (Lipinski definition) is 1. The van der Waals surface area contributed by atoms with Crippen LogP contribution in [0.1, 0.15) is 50.2 Å². The third-order valence-corrected chi connectivity index (χ3v) is 8.02. The molecule has 10 heteroatoms. The molecule has 7 nitrogen and oxygen atoms in total. The Bertz CT molecular complexity index is 1180. The van der Waals surface area contributed by atoms with E-state index in [1.54, 1.807) is 38.1 Å². The van der Waals surface area contributed by atoms with E-state index in [1.165, 1.54) is 23.1 Å². The molecule has 196 valence electrons. The number of sulfonamides is 1. The number of halogens is 2. The highest BCUT2D eigenvalue weighted by Crippen LogP contribution is 2.26. The van der Waals surface area contributed by atoms with Crippen LogP contribution in [0.5, 0.6) is 0 Å². The van der Waals surface area contributed by atoms with Crippen molar-refractivity contribution in [2.45, 2.75) is 64.6 Å². The van der Waals surface area contributed by atoms with Crippen LogP contribution in [0.25, 0.3) is 0 Å². The number of aryl methyl sites for hydroxylation is 1. The maximum Gasteiger partial charge on any atom is 0.244 e. The van der Waals surface area contributed by atoms with E-state index in [0.29, 0.717) is 17.0 Å². The Kier molecular flexibility index (Phi) is 9.35. The van der Waals surface area contributed by atoms with Gasteiger partial charge in [0.1, 0.15) is 18.4 Å². The Balaban J connectivity index is 1.92. The first kappa shape index (κ1) is 27.9. The van der Waals surface area contributed by atoms with E-state index in [2.05, 4.69) is 5.32 Å². The fraction of sp³-hybridized carbons (Fsp3) is 0.462. The molecule has 1 N–H and O–H groups in total. The number of nitrogens with one attached hydrogen (secondary N) is 1. The minimum atomic E-state index is -3.85. The number of rotatable bonds is 10. The molecule has 0 radical (unpaired) electrons. The summed E-state index contributed by atoms with van der Waals surface area (Å²) in [7, 11) is -3.85. The van der Waals surface area contributed by atoms with Gasteiger partial charge in [-0.25, -0.2) is 12.8 Å². The van der Waals surface area contributed by atoms with Gasteiger partial charge in [0.25, 0.3) is 0 Å². The summed E-state index contributed by atoms with van der Waals surface area (Å²) in [4.78, 5) is 28.3. The number of carbonyl (C=O) groups is 2. The molecule has 2 aromatic rings. The molecule has 2 aromatic carbocycles. The number of hydrogen-bond acceptors (Lipinski definition) is 4. The molecule has 0 aromatic heterocycles. The first-order chi connectivity index (χ1) is 17.0. The highest BCUT2D eigenvalue weighted by molar-refractivity contribution is 7.92. The summed E-state index contributed by atoms with van der Waals surface area (Å²) in [6.07, 6.45) is 5.22. The molecule has 0 spiro atoms. The number of anilines is 1. The molecule has 0 saturated heterocycles. The average Bonchev–Trinajstić information content (AvgIpc) is 3.32. The quantitative estimate of drug-likeness (QED) is 0.486. The van der Waals surface area contributed by atoms with E-state index in [1.807, 2.05) is 0 Å². The van der Waals surface area contributed by atoms with Gasteiger partial charge >= 0.3 is 0 Å². The number of nitrogens with zero attached hydrogens (tertiary/aromatic N) is 2. The normalized spacial score (nSPS) is 14.9. The SMILES string of the molecule is CCC(C(=O)NC1CCCC1)N(Cc1ccc(F)cc1)C(=O)CN(c1ccc(C)c(Cl)c1)S(C)(=O)=O. The lowest BCUT2D eigenvalue weighted by molar-refractivity contribution is -0.140. The lowest BCUT2D eigenvalue weighted by Crippen LogP contribution is -2.53. The molecule has 0 heterocycles. The van der Waals surface area contributed by atoms with Crippen molar-refractivity contribution in [3.8, 4) is 0 Å². The van der Waals surface area contributed by atoms with Crippen LogP contribution in [0.4, 0.5) is 10.1 Å². The minimum Gasteiger partial charge on any atom is -0.352 e. The second-order valence-electron chi connectivity index (χ2n) is 9.27. The van der Waals surface area contributed by atoms with Gasteiger partial charge in [0.05, 0.1) is 11.9 Å². The zero-order valence-corrected chi connectivity index (χ0v) is 22.4. The van der Waals surface area contributed by atoms with E-state index in [4.69, 9.17) is 11.6 Å². The van der Waals surface area contributed by atoms with Gasteiger partial charge < -0.3 is 10.2 Å². The molecular weight excluding hydrogens is 505 g/mol. The maximum absolute atomic E-state index is 13.7. The van der Waals surface area contributed by atoms with Crippen LogP contribution >= 0.6 is 11.6 Å². The Hall–Kier alpha value is -2.65. The van der Waals surface area contributed by atoms with Crippen molar-refractivity contribution in [1.29, 1.82) is 0 Å². The molecule has 1 atom stereocenters. The summed E-state index contributed by atoms with van der Waals surface area (Å²) < 4.78 is 39.8. The van der Waals surface area contributed by atoms with Gasteiger partial charge in [-0.1, -0.05) is 49.6 Å². The predicted molar refractivity (Wildman–Crippen MR) is 140 cm³/mol. The van der Waals surface area contributed by atoms with Gasteiger partial charge in [-0.3, -0.25) is 13.9 Å². The standard InChI is InChI=1S/C26H33ClFN3O4S/c1-4-24(26(33)29-21-7-5-6-8-21)30(16-19-10-12-20(28)13-11-19)25(32)17-31(36(3,34)35)22-14-9-18(2)23(27)15-22/h9-15,21,24H,4-8,16-17H2,1-3H3,(H,29,33). The lowest BCUT2D eigenvalue weighted by atomic mass is 10.1. The van der Waals surface area contributed by atoms with Crippen molar-refractivity contribution < 1.29 is 22.4 Å². The summed E-state index contributed by atoms with van der Waals surface area (Å²) in [6, 6.07) is 9.69. The van der Waals surface area contributed by atoms with Gasteiger partial charge in [-0.05, 0) is 61.6 Å². The van der Waals surface area contributed by atoms with Crippen molar-refractivity contribution in [2.75, 3.05) is 17.1 Å². The fourth-order valence-electron chi connectivity index (χ4n) is 4.42. The fourth-order valence-corrected chi connectivity index (χ4v) is 5.44. The molecule has 1 unspecified atom stereocenters. The molecule has 1 aliphatic rings. The van der Waals surface area contributed by atoms with Crippen LogP contribution in [0, 0.1) is 12.7 Å². The number of amides is 2. The first-order valence-corrected chi connectivity index (χ1v) is 14.3. The van der Waals surface area contributed by atoms with Crippen LogP contribution in [0.15, 0.2) is 42.5 Å². The first-order valence-electron chi connectivity index (χ1n) is 12.1. The summed E-state index contributed by atoms with van der Waals surface area (Å²) in [5.74, 6) is -1.24. The van der Waals surface area contributed by atoms with Crippen molar-refractivity contribution >= 4 is 39.1 Å². The minimum absolute atomic E-state index is 0.0297. The summed E-state index contributed by atoms with van der Waals surface area (Å²) >= 11 is 6.22. The van der Waals surface area contributed by atoms with Crippen LogP contribution in [0.2, 0.25) is 5.02 Å². The van der Waals surface area contributed by atoms with E-state index in [-0.39, 0.29) is 24.2 Å². The molecule has 1 aliphatic carbocycles. The van der Waals surface area contributed by atoms with Crippen LogP contribution in [-0.2, 0) is 26.2 Å². The number of benzene rings is 2. The highest BCUT2D eigenvalue weighted by Gasteiger charge is 2.33. The second kappa shape index (κ2) is 12.1. The summed E-state index contributed by atoms with van der Waals surface area (Å²) in [6.45, 7) is 3.12. The Labute approximate surface area is 217 Å². The van der Waals surface area contributed by atoms with E-state index in [0.717, 1.165) is 41.8 Å². The Morgan fingerprint density at radius 1 is 1.14 bits per heavy atom. The van der Waals surface area contributed by atoms with Crippen molar-refractivity contribution in [3.63, 3.8) is 0 Å². The molecular formula is C26H33ClFN3O4S. The molecule has 0 aliphatic heterocycles. The van der Waals surface area contributed by atoms with Crippen LogP contribution in [-0.4, -0.2) is 50.0 Å². The third kappa shape index (κ3) is 7.20. The van der Waals surface area contributed by atoms with Crippen molar-refractivity contribution in [1.82, 2.24) is 10.2 Å². The van der Waals surface area contributed by atoms with Crippen LogP contribution in [0.3, 0.4) is 0 Å². The maximum atomic E-state index is 13.7. The molecule has 1 fully saturated rings. The molecule has 36 heavy (non-hydrogen) atoms. The predicted octanol–water partition coefficient (Wildman–Crippen LogP) is 4.42. The lowest BCUT2D eigenvalue weighted by Gasteiger charge is -2.33. The van der Waals surface area contributed by atoms with Gasteiger partial charge in [0.15, 0.2) is 0 Å². The molecule has 1 saturated carbocycles. The van der Waals surface area contributed by atoms with E-state index < -0.39 is 34.3 Å². The third-order valence-electron chi connectivity index (χ3n) is 6.48. The largest absolute Gasteiger partial charge is 0.352 e. The zero-order chi connectivity index (χ0) is 26.5. The second-order valence-corrected chi connectivity index (χ2v) is 11.6. The van der Waals surface area contributed by atoms with Gasteiger partial charge in [-0.15, -0.1) is 0 Å². The molecule has 3 rings (SSSR count). The summed E-state index contributed by atoms with van der Waals surface area (Å²) in [5.41, 5.74) is 1.65. The smallest absolute Gasteiger partial charge is 0.244 e. The van der Waals surface area contributed by atoms with Crippen molar-refractivity contribution in [2.24, 2.45) is 0 Å². The van der Waals surface area contributed by atoms with Gasteiger partial charge in [0.2, 0.25) is 21.8 Å². The number of carbonyl (C=O) groups excluding carboxylic acids is 2. The Morgan fingerprint density at radius 3 is 2.33 bits per heavy atom. The van der Waals surface area contributed by atoms with E-state index >= 15 is 0 Å². The molecule has 2 amide bonds.